The second-order valence-electron chi connectivity index (χ2n) is 5.82. The molecule has 2 aromatic heterocycles. The number of hydrogen-bond acceptors (Lipinski definition) is 4. The molecule has 1 fully saturated rings. The van der Waals surface area contributed by atoms with Crippen LogP contribution in [0.15, 0.2) is 34.2 Å². The highest BCUT2D eigenvalue weighted by atomic mass is 79.9. The quantitative estimate of drug-likeness (QED) is 0.712. The topological polar surface area (TPSA) is 70.7 Å². The van der Waals surface area contributed by atoms with Crippen molar-refractivity contribution in [3.8, 4) is 0 Å². The number of amides is 1. The van der Waals surface area contributed by atoms with E-state index in [1.807, 2.05) is 31.2 Å². The van der Waals surface area contributed by atoms with Crippen LogP contribution < -0.4 is 5.32 Å². The zero-order valence-corrected chi connectivity index (χ0v) is 14.8. The molecule has 4 rings (SSSR count). The molecule has 0 bridgehead atoms. The van der Waals surface area contributed by atoms with Crippen LogP contribution in [-0.2, 0) is 4.79 Å². The van der Waals surface area contributed by atoms with Gasteiger partial charge < -0.3 is 10.3 Å². The Kier molecular flexibility index (Phi) is 3.69. The van der Waals surface area contributed by atoms with Gasteiger partial charge in [-0.15, -0.1) is 11.3 Å². The number of carbonyl (C=O) groups is 1. The van der Waals surface area contributed by atoms with Crippen molar-refractivity contribution in [3.63, 3.8) is 0 Å². The first-order valence-corrected chi connectivity index (χ1v) is 9.09. The molecular weight excluding hydrogens is 376 g/mol. The molecule has 1 aromatic carbocycles. The molecule has 1 aliphatic rings. The molecule has 118 valence electrons. The van der Waals surface area contributed by atoms with E-state index in [0.29, 0.717) is 0 Å². The van der Waals surface area contributed by atoms with E-state index >= 15 is 0 Å². The number of benzene rings is 1. The Morgan fingerprint density at radius 2 is 2.30 bits per heavy atom. The second-order valence-corrected chi connectivity index (χ2v) is 8.26. The van der Waals surface area contributed by atoms with E-state index in [1.165, 1.54) is 0 Å². The summed E-state index contributed by atoms with van der Waals surface area (Å²) in [6.45, 7) is 1.96. The number of para-hydroxylation sites is 2. The zero-order valence-electron chi connectivity index (χ0n) is 12.4. The Hall–Kier alpha value is -1.73. The number of nitrogens with one attached hydrogen (secondary N) is 2. The van der Waals surface area contributed by atoms with Crippen molar-refractivity contribution in [2.75, 3.05) is 0 Å². The van der Waals surface area contributed by atoms with Crippen molar-refractivity contribution >= 4 is 44.2 Å². The van der Waals surface area contributed by atoms with Gasteiger partial charge in [0.25, 0.3) is 0 Å². The highest BCUT2D eigenvalue weighted by molar-refractivity contribution is 9.11. The van der Waals surface area contributed by atoms with Crippen molar-refractivity contribution in [3.05, 3.63) is 45.1 Å². The summed E-state index contributed by atoms with van der Waals surface area (Å²) in [7, 11) is 0. The summed E-state index contributed by atoms with van der Waals surface area (Å²) in [5, 5.41) is 3.96. The van der Waals surface area contributed by atoms with Crippen LogP contribution in [0.1, 0.15) is 36.1 Å². The molecule has 3 atom stereocenters. The average Bonchev–Trinajstić information content (AvgIpc) is 3.03. The average molecular weight is 391 g/mol. The number of thiazole rings is 1. The summed E-state index contributed by atoms with van der Waals surface area (Å²) < 4.78 is 0.972. The minimum atomic E-state index is -0.0734. The number of imidazole rings is 1. The Morgan fingerprint density at radius 3 is 3.04 bits per heavy atom. The first kappa shape index (κ1) is 14.8. The minimum absolute atomic E-state index is 0.00131. The van der Waals surface area contributed by atoms with E-state index in [1.54, 1.807) is 17.5 Å². The van der Waals surface area contributed by atoms with E-state index in [0.717, 1.165) is 32.1 Å². The van der Waals surface area contributed by atoms with Gasteiger partial charge in [0, 0.05) is 11.8 Å². The van der Waals surface area contributed by atoms with Gasteiger partial charge in [-0.25, -0.2) is 9.97 Å². The largest absolute Gasteiger partial charge is 0.347 e. The monoisotopic (exact) mass is 390 g/mol. The van der Waals surface area contributed by atoms with E-state index in [9.17, 15) is 4.79 Å². The van der Waals surface area contributed by atoms with Gasteiger partial charge in [-0.1, -0.05) is 12.1 Å². The van der Waals surface area contributed by atoms with E-state index in [-0.39, 0.29) is 23.8 Å². The number of aromatic nitrogens is 3. The molecule has 0 saturated heterocycles. The molecule has 5 nitrogen and oxygen atoms in total. The van der Waals surface area contributed by atoms with Crippen molar-refractivity contribution in [1.29, 1.82) is 0 Å². The van der Waals surface area contributed by atoms with Crippen LogP contribution in [0.4, 0.5) is 0 Å². The standard InChI is InChI=1S/C16H15BrN4OS/c1-8(16-18-7-13(17)23-16)19-15(22)10-6-9(10)14-20-11-4-2-3-5-12(11)21-14/h2-5,7-10H,6H2,1H3,(H,19,22)(H,20,21)/t8?,9-,10-/m1/s1. The lowest BCUT2D eigenvalue weighted by atomic mass is 10.2. The molecule has 1 amide bonds. The maximum Gasteiger partial charge on any atom is 0.224 e. The molecule has 0 aliphatic heterocycles. The molecule has 3 aromatic rings. The van der Waals surface area contributed by atoms with Crippen LogP contribution in [0, 0.1) is 5.92 Å². The molecule has 23 heavy (non-hydrogen) atoms. The van der Waals surface area contributed by atoms with Crippen LogP contribution in [0.25, 0.3) is 11.0 Å². The summed E-state index contributed by atoms with van der Waals surface area (Å²) >= 11 is 4.94. The Labute approximate surface area is 145 Å². The Morgan fingerprint density at radius 1 is 1.48 bits per heavy atom. The van der Waals surface area contributed by atoms with Gasteiger partial charge in [-0.2, -0.15) is 0 Å². The van der Waals surface area contributed by atoms with Crippen molar-refractivity contribution < 1.29 is 4.79 Å². The highest BCUT2D eigenvalue weighted by Gasteiger charge is 2.46. The fourth-order valence-corrected chi connectivity index (χ4v) is 4.03. The smallest absolute Gasteiger partial charge is 0.224 e. The number of carbonyl (C=O) groups excluding carboxylic acids is 1. The Balaban J connectivity index is 1.43. The van der Waals surface area contributed by atoms with Gasteiger partial charge in [-0.05, 0) is 41.4 Å². The minimum Gasteiger partial charge on any atom is -0.347 e. The number of hydrogen-bond donors (Lipinski definition) is 2. The number of nitrogens with zero attached hydrogens (tertiary/aromatic N) is 2. The van der Waals surface area contributed by atoms with E-state index in [4.69, 9.17) is 0 Å². The number of halogens is 1. The molecular formula is C16H15BrN4OS. The maximum absolute atomic E-state index is 12.4. The number of rotatable bonds is 4. The van der Waals surface area contributed by atoms with Crippen molar-refractivity contribution in [2.24, 2.45) is 5.92 Å². The van der Waals surface area contributed by atoms with E-state index < -0.39 is 0 Å². The molecule has 0 radical (unpaired) electrons. The maximum atomic E-state index is 12.4. The second kappa shape index (κ2) is 5.72. The molecule has 1 unspecified atom stereocenters. The van der Waals surface area contributed by atoms with Gasteiger partial charge in [0.1, 0.15) is 10.8 Å². The van der Waals surface area contributed by atoms with Crippen LogP contribution in [-0.4, -0.2) is 20.9 Å². The van der Waals surface area contributed by atoms with Gasteiger partial charge in [-0.3, -0.25) is 4.79 Å². The van der Waals surface area contributed by atoms with Gasteiger partial charge >= 0.3 is 0 Å². The summed E-state index contributed by atoms with van der Waals surface area (Å²) in [5.74, 6) is 1.18. The normalized spacial score (nSPS) is 21.3. The van der Waals surface area contributed by atoms with Crippen molar-refractivity contribution in [1.82, 2.24) is 20.3 Å². The van der Waals surface area contributed by atoms with E-state index in [2.05, 4.69) is 36.2 Å². The number of fused-ring (bicyclic) bond motifs is 1. The lowest BCUT2D eigenvalue weighted by Gasteiger charge is -2.10. The summed E-state index contributed by atoms with van der Waals surface area (Å²) in [6, 6.07) is 7.87. The molecule has 1 saturated carbocycles. The fourth-order valence-electron chi connectivity index (χ4n) is 2.78. The third kappa shape index (κ3) is 2.90. The predicted octanol–water partition coefficient (Wildman–Crippen LogP) is 3.76. The first-order chi connectivity index (χ1) is 11.1. The first-order valence-electron chi connectivity index (χ1n) is 7.48. The molecule has 2 heterocycles. The van der Waals surface area contributed by atoms with Crippen LogP contribution in [0.3, 0.4) is 0 Å². The van der Waals surface area contributed by atoms with Gasteiger partial charge in [0.05, 0.1) is 27.1 Å². The zero-order chi connectivity index (χ0) is 16.0. The SMILES string of the molecule is CC(NC(=O)[C@@H]1C[C@H]1c1nc2ccccc2[nH]1)c1ncc(Br)s1. The highest BCUT2D eigenvalue weighted by Crippen LogP contribution is 2.47. The fraction of sp³-hybridized carbons (Fsp3) is 0.312. The molecule has 1 aliphatic carbocycles. The van der Waals surface area contributed by atoms with Gasteiger partial charge in [0.15, 0.2) is 0 Å². The number of aromatic amines is 1. The third-order valence-corrected chi connectivity index (χ3v) is 5.77. The van der Waals surface area contributed by atoms with Crippen LogP contribution in [0.5, 0.6) is 0 Å². The summed E-state index contributed by atoms with van der Waals surface area (Å²) in [6.07, 6.45) is 2.61. The summed E-state index contributed by atoms with van der Waals surface area (Å²) in [5.41, 5.74) is 1.98. The lowest BCUT2D eigenvalue weighted by Crippen LogP contribution is -2.28. The third-order valence-electron chi connectivity index (χ3n) is 4.11. The van der Waals surface area contributed by atoms with Crippen LogP contribution in [0.2, 0.25) is 0 Å². The van der Waals surface area contributed by atoms with Gasteiger partial charge in [0.2, 0.25) is 5.91 Å². The Bertz CT molecular complexity index is 841. The lowest BCUT2D eigenvalue weighted by molar-refractivity contribution is -0.123. The summed E-state index contributed by atoms with van der Waals surface area (Å²) in [4.78, 5) is 24.6. The predicted molar refractivity (Wildman–Crippen MR) is 93.3 cm³/mol. The van der Waals surface area contributed by atoms with Crippen molar-refractivity contribution in [2.45, 2.75) is 25.3 Å². The van der Waals surface area contributed by atoms with Crippen LogP contribution >= 0.6 is 27.3 Å². The molecule has 7 heteroatoms. The molecule has 2 N–H and O–H groups in total. The molecule has 0 spiro atoms. The number of H-pyrrole nitrogens is 1.